The van der Waals surface area contributed by atoms with Gasteiger partial charge in [0.15, 0.2) is 5.75 Å². The summed E-state index contributed by atoms with van der Waals surface area (Å²) in [4.78, 5) is 36.2. The lowest BCUT2D eigenvalue weighted by Gasteiger charge is -2.28. The van der Waals surface area contributed by atoms with E-state index in [4.69, 9.17) is 14.2 Å². The lowest BCUT2D eigenvalue weighted by Crippen LogP contribution is -2.43. The quantitative estimate of drug-likeness (QED) is 0.565. The maximum Gasteiger partial charge on any atom is 0.420 e. The first-order chi connectivity index (χ1) is 12.2. The maximum absolute atomic E-state index is 12.5. The van der Waals surface area contributed by atoms with E-state index < -0.39 is 28.3 Å². The summed E-state index contributed by atoms with van der Waals surface area (Å²) in [7, 11) is 1.30. The second kappa shape index (κ2) is 8.24. The van der Waals surface area contributed by atoms with Crippen LogP contribution in [-0.2, 0) is 16.0 Å². The number of hydrogen-bond donors (Lipinski definition) is 0. The number of carbonyl (C=O) groups is 2. The van der Waals surface area contributed by atoms with Gasteiger partial charge in [-0.25, -0.2) is 14.5 Å². The highest BCUT2D eigenvalue weighted by molar-refractivity contribution is 5.88. The van der Waals surface area contributed by atoms with Crippen molar-refractivity contribution < 1.29 is 28.7 Å². The average molecular weight is 382 g/mol. The van der Waals surface area contributed by atoms with Gasteiger partial charge in [0.2, 0.25) is 0 Å². The largest absolute Gasteiger partial charge is 0.490 e. The SMILES string of the molecule is COc1cc(CN(C(=O)OC(C)(C)C)C(=O)OC(C)(C)C)ccc1[N+](=O)[O-]. The minimum absolute atomic E-state index is 0.0193. The highest BCUT2D eigenvalue weighted by Crippen LogP contribution is 2.28. The van der Waals surface area contributed by atoms with Crippen LogP contribution in [0.15, 0.2) is 18.2 Å². The fourth-order valence-electron chi connectivity index (χ4n) is 1.99. The number of nitro benzene ring substituents is 1. The Morgan fingerprint density at radius 1 is 1.04 bits per heavy atom. The van der Waals surface area contributed by atoms with Crippen molar-refractivity contribution in [1.29, 1.82) is 0 Å². The second-order valence-electron chi connectivity index (χ2n) is 7.81. The molecule has 9 heteroatoms. The molecule has 1 aromatic rings. The van der Waals surface area contributed by atoms with Crippen LogP contribution in [0.1, 0.15) is 47.1 Å². The number of methoxy groups -OCH3 is 1. The van der Waals surface area contributed by atoms with Crippen LogP contribution in [0.4, 0.5) is 15.3 Å². The van der Waals surface area contributed by atoms with Crippen LogP contribution < -0.4 is 4.74 Å². The van der Waals surface area contributed by atoms with Gasteiger partial charge in [0.05, 0.1) is 18.6 Å². The minimum Gasteiger partial charge on any atom is -0.490 e. The standard InChI is InChI=1S/C18H26N2O7/c1-17(2,3)26-15(21)19(16(22)27-18(4,5)6)11-12-8-9-13(20(23)24)14(10-12)25-7/h8-10H,11H2,1-7H3. The Kier molecular flexibility index (Phi) is 6.77. The van der Waals surface area contributed by atoms with E-state index in [0.29, 0.717) is 5.56 Å². The summed E-state index contributed by atoms with van der Waals surface area (Å²) in [5.41, 5.74) is -1.41. The lowest BCUT2D eigenvalue weighted by atomic mass is 10.1. The summed E-state index contributed by atoms with van der Waals surface area (Å²) in [5.74, 6) is 0.0193. The van der Waals surface area contributed by atoms with Crippen molar-refractivity contribution in [3.8, 4) is 5.75 Å². The van der Waals surface area contributed by atoms with E-state index in [1.807, 2.05) is 0 Å². The third kappa shape index (κ3) is 7.12. The van der Waals surface area contributed by atoms with Crippen molar-refractivity contribution in [2.75, 3.05) is 7.11 Å². The van der Waals surface area contributed by atoms with Crippen LogP contribution >= 0.6 is 0 Å². The zero-order chi connectivity index (χ0) is 21.0. The maximum atomic E-state index is 12.5. The molecule has 150 valence electrons. The van der Waals surface area contributed by atoms with Crippen molar-refractivity contribution in [2.45, 2.75) is 59.3 Å². The zero-order valence-corrected chi connectivity index (χ0v) is 16.7. The number of imide groups is 1. The van der Waals surface area contributed by atoms with Gasteiger partial charge in [-0.15, -0.1) is 0 Å². The van der Waals surface area contributed by atoms with E-state index in [9.17, 15) is 19.7 Å². The predicted molar refractivity (Wildman–Crippen MR) is 97.7 cm³/mol. The first-order valence-corrected chi connectivity index (χ1v) is 8.28. The normalized spacial score (nSPS) is 11.5. The van der Waals surface area contributed by atoms with E-state index in [2.05, 4.69) is 0 Å². The highest BCUT2D eigenvalue weighted by Gasteiger charge is 2.31. The van der Waals surface area contributed by atoms with E-state index >= 15 is 0 Å². The molecular formula is C18H26N2O7. The predicted octanol–water partition coefficient (Wildman–Crippen LogP) is 4.28. The number of nitro groups is 1. The molecule has 0 aliphatic heterocycles. The Hall–Kier alpha value is -2.84. The number of hydrogen-bond acceptors (Lipinski definition) is 7. The van der Waals surface area contributed by atoms with Gasteiger partial charge in [0.25, 0.3) is 0 Å². The molecule has 0 radical (unpaired) electrons. The molecule has 0 aromatic heterocycles. The van der Waals surface area contributed by atoms with Gasteiger partial charge in [-0.3, -0.25) is 10.1 Å². The van der Waals surface area contributed by atoms with Crippen LogP contribution in [0, 0.1) is 10.1 Å². The van der Waals surface area contributed by atoms with Gasteiger partial charge in [-0.05, 0) is 53.2 Å². The molecular weight excluding hydrogens is 356 g/mol. The van der Waals surface area contributed by atoms with Crippen LogP contribution in [0.5, 0.6) is 5.75 Å². The van der Waals surface area contributed by atoms with Gasteiger partial charge in [0.1, 0.15) is 11.2 Å². The van der Waals surface area contributed by atoms with Gasteiger partial charge in [-0.1, -0.05) is 6.07 Å². The summed E-state index contributed by atoms with van der Waals surface area (Å²) in [5, 5.41) is 11.0. The molecule has 0 saturated carbocycles. The number of carbonyl (C=O) groups excluding carboxylic acids is 2. The fraction of sp³-hybridized carbons (Fsp3) is 0.556. The first kappa shape index (κ1) is 22.2. The Morgan fingerprint density at radius 2 is 1.52 bits per heavy atom. The van der Waals surface area contributed by atoms with Crippen LogP contribution in [0.2, 0.25) is 0 Å². The van der Waals surface area contributed by atoms with E-state index in [0.717, 1.165) is 4.90 Å². The molecule has 0 heterocycles. The van der Waals surface area contributed by atoms with Crippen molar-refractivity contribution >= 4 is 17.9 Å². The molecule has 0 atom stereocenters. The van der Waals surface area contributed by atoms with Crippen LogP contribution in [0.25, 0.3) is 0 Å². The summed E-state index contributed by atoms with van der Waals surface area (Å²) in [6.45, 7) is 9.85. The van der Waals surface area contributed by atoms with Gasteiger partial charge in [0, 0.05) is 6.07 Å². The lowest BCUT2D eigenvalue weighted by molar-refractivity contribution is -0.385. The number of nitrogens with zero attached hydrogens (tertiary/aromatic N) is 2. The molecule has 0 aliphatic rings. The van der Waals surface area contributed by atoms with Crippen molar-refractivity contribution in [3.05, 3.63) is 33.9 Å². The topological polar surface area (TPSA) is 108 Å². The molecule has 2 amide bonds. The number of amides is 2. The van der Waals surface area contributed by atoms with Gasteiger partial charge in [-0.2, -0.15) is 0 Å². The Balaban J connectivity index is 3.18. The molecule has 27 heavy (non-hydrogen) atoms. The number of rotatable bonds is 4. The van der Waals surface area contributed by atoms with Crippen molar-refractivity contribution in [1.82, 2.24) is 4.90 Å². The fourth-order valence-corrected chi connectivity index (χ4v) is 1.99. The second-order valence-corrected chi connectivity index (χ2v) is 7.81. The first-order valence-electron chi connectivity index (χ1n) is 8.28. The van der Waals surface area contributed by atoms with E-state index in [1.165, 1.54) is 25.3 Å². The molecule has 9 nitrogen and oxygen atoms in total. The van der Waals surface area contributed by atoms with Crippen LogP contribution in [-0.4, -0.2) is 40.3 Å². The van der Waals surface area contributed by atoms with Crippen molar-refractivity contribution in [3.63, 3.8) is 0 Å². The van der Waals surface area contributed by atoms with Crippen LogP contribution in [0.3, 0.4) is 0 Å². The third-order valence-corrected chi connectivity index (χ3v) is 3.01. The molecule has 1 rings (SSSR count). The summed E-state index contributed by atoms with van der Waals surface area (Å²) in [6.07, 6.45) is -1.76. The smallest absolute Gasteiger partial charge is 0.420 e. The van der Waals surface area contributed by atoms with Crippen molar-refractivity contribution in [2.24, 2.45) is 0 Å². The average Bonchev–Trinajstić information content (AvgIpc) is 2.48. The number of benzene rings is 1. The van der Waals surface area contributed by atoms with Gasteiger partial charge < -0.3 is 14.2 Å². The Morgan fingerprint density at radius 3 is 1.89 bits per heavy atom. The minimum atomic E-state index is -0.880. The van der Waals surface area contributed by atoms with Gasteiger partial charge >= 0.3 is 17.9 Å². The third-order valence-electron chi connectivity index (χ3n) is 3.01. The molecule has 0 unspecified atom stereocenters. The summed E-state index contributed by atoms with van der Waals surface area (Å²) < 4.78 is 15.6. The molecule has 0 spiro atoms. The molecule has 0 fully saturated rings. The number of ether oxygens (including phenoxy) is 3. The van der Waals surface area contributed by atoms with E-state index in [-0.39, 0.29) is 18.0 Å². The molecule has 1 aromatic carbocycles. The molecule has 0 aliphatic carbocycles. The van der Waals surface area contributed by atoms with E-state index in [1.54, 1.807) is 41.5 Å². The summed E-state index contributed by atoms with van der Waals surface area (Å²) >= 11 is 0. The molecule has 0 N–H and O–H groups in total. The highest BCUT2D eigenvalue weighted by atomic mass is 16.6. The Labute approximate surface area is 158 Å². The monoisotopic (exact) mass is 382 g/mol. The zero-order valence-electron chi connectivity index (χ0n) is 16.7. The Bertz CT molecular complexity index is 689. The molecule has 0 bridgehead atoms. The molecule has 0 saturated heterocycles. The summed E-state index contributed by atoms with van der Waals surface area (Å²) in [6, 6.07) is 4.07.